The molecule has 10 nitrogen and oxygen atoms in total. The van der Waals surface area contributed by atoms with Gasteiger partial charge >= 0.3 is 0 Å². The Bertz CT molecular complexity index is 1620. The first-order chi connectivity index (χ1) is 20.1. The zero-order valence-corrected chi connectivity index (χ0v) is 25.4. The van der Waals surface area contributed by atoms with Crippen molar-refractivity contribution in [3.05, 3.63) is 66.5 Å². The van der Waals surface area contributed by atoms with Crippen LogP contribution >= 0.6 is 0 Å². The Balaban J connectivity index is 1.74. The molecule has 2 aromatic carbocycles. The van der Waals surface area contributed by atoms with Crippen molar-refractivity contribution < 1.29 is 9.84 Å². The average Bonchev–Trinajstić information content (AvgIpc) is 3.32. The highest BCUT2D eigenvalue weighted by molar-refractivity contribution is 5.93. The van der Waals surface area contributed by atoms with Crippen LogP contribution in [0.4, 0.5) is 23.0 Å². The number of anilines is 4. The molecule has 2 aromatic heterocycles. The summed E-state index contributed by atoms with van der Waals surface area (Å²) in [5.41, 5.74) is 6.38. The van der Waals surface area contributed by atoms with Crippen molar-refractivity contribution in [3.63, 3.8) is 0 Å². The van der Waals surface area contributed by atoms with Crippen molar-refractivity contribution in [1.82, 2.24) is 19.4 Å². The normalized spacial score (nSPS) is 11.9. The molecule has 2 heterocycles. The van der Waals surface area contributed by atoms with Gasteiger partial charge in [0.15, 0.2) is 0 Å². The topological polar surface area (TPSA) is 114 Å². The molecule has 4 aromatic rings. The summed E-state index contributed by atoms with van der Waals surface area (Å²) in [4.78, 5) is 13.5. The van der Waals surface area contributed by atoms with Gasteiger partial charge < -0.3 is 34.8 Å². The summed E-state index contributed by atoms with van der Waals surface area (Å²) in [7, 11) is 9.62. The Hall–Kier alpha value is -4.59. The van der Waals surface area contributed by atoms with E-state index in [1.165, 1.54) is 11.6 Å². The first-order valence-electron chi connectivity index (χ1n) is 13.8. The van der Waals surface area contributed by atoms with E-state index in [2.05, 4.69) is 64.2 Å². The molecule has 0 aliphatic heterocycles. The fourth-order valence-electron chi connectivity index (χ4n) is 4.93. The van der Waals surface area contributed by atoms with Crippen LogP contribution in [-0.4, -0.2) is 72.1 Å². The standard InChI is InChI=1S/C32H40N8O2/c1-9-30(41)35-26-16-27(29(42-8)17-28(26)39(6)13-12-38(4)5)37-32-34-11-10-25(36-32)21-14-22(18-33)31-23(15-21)24(20(2)3)19-40(31)7/h9-11,14-17,19-20,30,35,41H,1,12-13H2,2-8H3,(H,34,36,37). The summed E-state index contributed by atoms with van der Waals surface area (Å²) < 4.78 is 7.76. The molecule has 0 bridgehead atoms. The number of likely N-dealkylation sites (N-methyl/N-ethyl adjacent to an activating group) is 2. The maximum Gasteiger partial charge on any atom is 0.227 e. The van der Waals surface area contributed by atoms with Gasteiger partial charge in [0.2, 0.25) is 5.95 Å². The van der Waals surface area contributed by atoms with Crippen LogP contribution in [0.25, 0.3) is 22.2 Å². The maximum absolute atomic E-state index is 10.3. The second-order valence-electron chi connectivity index (χ2n) is 10.9. The second kappa shape index (κ2) is 12.9. The number of aliphatic hydroxyl groups excluding tert-OH is 1. The minimum absolute atomic E-state index is 0.304. The Labute approximate surface area is 247 Å². The van der Waals surface area contributed by atoms with E-state index in [0.29, 0.717) is 40.2 Å². The Morgan fingerprint density at radius 1 is 1.17 bits per heavy atom. The van der Waals surface area contributed by atoms with Crippen LogP contribution in [0.15, 0.2) is 55.4 Å². The summed E-state index contributed by atoms with van der Waals surface area (Å²) in [6.07, 6.45) is 4.27. The molecular formula is C32H40N8O2. The van der Waals surface area contributed by atoms with E-state index in [1.54, 1.807) is 13.3 Å². The number of hydrogen-bond donors (Lipinski definition) is 3. The molecular weight excluding hydrogens is 528 g/mol. The Kier molecular flexibility index (Phi) is 9.35. The van der Waals surface area contributed by atoms with E-state index in [0.717, 1.165) is 35.2 Å². The smallest absolute Gasteiger partial charge is 0.227 e. The summed E-state index contributed by atoms with van der Waals surface area (Å²) in [5, 5.41) is 27.7. The number of aromatic nitrogens is 3. The first kappa shape index (κ1) is 30.4. The second-order valence-corrected chi connectivity index (χ2v) is 10.9. The number of nitrogens with zero attached hydrogens (tertiary/aromatic N) is 6. The lowest BCUT2D eigenvalue weighted by molar-refractivity contribution is 0.253. The highest BCUT2D eigenvalue weighted by Crippen LogP contribution is 2.39. The lowest BCUT2D eigenvalue weighted by Gasteiger charge is -2.27. The molecule has 1 atom stereocenters. The van der Waals surface area contributed by atoms with Crippen LogP contribution < -0.4 is 20.3 Å². The highest BCUT2D eigenvalue weighted by atomic mass is 16.5. The SMILES string of the molecule is C=CC(O)Nc1cc(Nc2nccc(-c3cc(C#N)c4c(c3)c(C(C)C)cn4C)n2)c(OC)cc1N(C)CCN(C)C. The van der Waals surface area contributed by atoms with Crippen LogP contribution in [0.5, 0.6) is 5.75 Å². The predicted molar refractivity (Wildman–Crippen MR) is 171 cm³/mol. The molecule has 0 radical (unpaired) electrons. The summed E-state index contributed by atoms with van der Waals surface area (Å²) >= 11 is 0. The third-order valence-electron chi connectivity index (χ3n) is 7.18. The van der Waals surface area contributed by atoms with Gasteiger partial charge in [0, 0.05) is 56.6 Å². The molecule has 4 rings (SSSR count). The van der Waals surface area contributed by atoms with Gasteiger partial charge in [0.25, 0.3) is 0 Å². The van der Waals surface area contributed by atoms with Crippen molar-refractivity contribution in [2.75, 3.05) is 56.9 Å². The van der Waals surface area contributed by atoms with Crippen LogP contribution in [-0.2, 0) is 7.05 Å². The van der Waals surface area contributed by atoms with Gasteiger partial charge in [-0.3, -0.25) is 0 Å². The van der Waals surface area contributed by atoms with Crippen LogP contribution in [0, 0.1) is 11.3 Å². The third kappa shape index (κ3) is 6.48. The zero-order valence-electron chi connectivity index (χ0n) is 25.4. The Morgan fingerprint density at radius 2 is 1.93 bits per heavy atom. The van der Waals surface area contributed by atoms with Crippen molar-refractivity contribution in [1.29, 1.82) is 5.26 Å². The van der Waals surface area contributed by atoms with Gasteiger partial charge in [-0.25, -0.2) is 9.97 Å². The van der Waals surface area contributed by atoms with E-state index >= 15 is 0 Å². The summed E-state index contributed by atoms with van der Waals surface area (Å²) in [5.74, 6) is 1.26. The Morgan fingerprint density at radius 3 is 2.57 bits per heavy atom. The number of ether oxygens (including phenoxy) is 1. The molecule has 10 heteroatoms. The summed E-state index contributed by atoms with van der Waals surface area (Å²) in [6.45, 7) is 9.60. The maximum atomic E-state index is 10.3. The predicted octanol–water partition coefficient (Wildman–Crippen LogP) is 5.30. The molecule has 1 unspecified atom stereocenters. The van der Waals surface area contributed by atoms with Crippen molar-refractivity contribution in [2.24, 2.45) is 7.05 Å². The number of nitrogens with one attached hydrogen (secondary N) is 2. The average molecular weight is 569 g/mol. The number of nitriles is 1. The van der Waals surface area contributed by atoms with Crippen molar-refractivity contribution >= 4 is 33.9 Å². The number of aliphatic hydroxyl groups is 1. The fourth-order valence-corrected chi connectivity index (χ4v) is 4.93. The van der Waals surface area contributed by atoms with E-state index in [9.17, 15) is 10.4 Å². The van der Waals surface area contributed by atoms with Crippen molar-refractivity contribution in [3.8, 4) is 23.1 Å². The number of hydrogen-bond acceptors (Lipinski definition) is 9. The first-order valence-corrected chi connectivity index (χ1v) is 13.8. The lowest BCUT2D eigenvalue weighted by atomic mass is 9.98. The molecule has 42 heavy (non-hydrogen) atoms. The van der Waals surface area contributed by atoms with Crippen molar-refractivity contribution in [2.45, 2.75) is 26.0 Å². The number of fused-ring (bicyclic) bond motifs is 1. The van der Waals surface area contributed by atoms with E-state index in [4.69, 9.17) is 9.72 Å². The molecule has 0 amide bonds. The van der Waals surface area contributed by atoms with Gasteiger partial charge in [-0.1, -0.05) is 20.4 Å². The van der Waals surface area contributed by atoms with Gasteiger partial charge in [0.05, 0.1) is 40.9 Å². The van der Waals surface area contributed by atoms with Crippen LogP contribution in [0.3, 0.4) is 0 Å². The molecule has 0 saturated heterocycles. The minimum Gasteiger partial charge on any atom is -0.494 e. The molecule has 0 fully saturated rings. The molecule has 0 aliphatic rings. The molecule has 0 saturated carbocycles. The third-order valence-corrected chi connectivity index (χ3v) is 7.18. The highest BCUT2D eigenvalue weighted by Gasteiger charge is 2.18. The monoisotopic (exact) mass is 568 g/mol. The van der Waals surface area contributed by atoms with E-state index in [1.807, 2.05) is 57.0 Å². The molecule has 220 valence electrons. The molecule has 0 aliphatic carbocycles. The lowest BCUT2D eigenvalue weighted by Crippen LogP contribution is -2.29. The van der Waals surface area contributed by atoms with Gasteiger partial charge in [-0.2, -0.15) is 5.26 Å². The van der Waals surface area contributed by atoms with E-state index < -0.39 is 6.23 Å². The quantitative estimate of drug-likeness (QED) is 0.155. The largest absolute Gasteiger partial charge is 0.494 e. The fraction of sp³-hybridized carbons (Fsp3) is 0.344. The van der Waals surface area contributed by atoms with Crippen LogP contribution in [0.2, 0.25) is 0 Å². The van der Waals surface area contributed by atoms with Gasteiger partial charge in [0.1, 0.15) is 18.0 Å². The number of rotatable bonds is 12. The summed E-state index contributed by atoms with van der Waals surface area (Å²) in [6, 6.07) is 11.9. The molecule has 3 N–H and O–H groups in total. The number of aryl methyl sites for hydroxylation is 1. The zero-order chi connectivity index (χ0) is 30.6. The van der Waals surface area contributed by atoms with E-state index in [-0.39, 0.29) is 0 Å². The number of methoxy groups -OCH3 is 1. The van der Waals surface area contributed by atoms with Crippen LogP contribution in [0.1, 0.15) is 30.9 Å². The van der Waals surface area contributed by atoms with Gasteiger partial charge in [-0.15, -0.1) is 0 Å². The number of benzene rings is 2. The van der Waals surface area contributed by atoms with Gasteiger partial charge in [-0.05, 0) is 55.9 Å². The molecule has 0 spiro atoms. The minimum atomic E-state index is -0.940.